The van der Waals surface area contributed by atoms with Crippen LogP contribution in [-0.2, 0) is 11.0 Å². The average Bonchev–Trinajstić information content (AvgIpc) is 2.49. The molecule has 0 radical (unpaired) electrons. The molecule has 0 aliphatic heterocycles. The van der Waals surface area contributed by atoms with Crippen LogP contribution in [0.2, 0.25) is 0 Å². The Morgan fingerprint density at radius 1 is 1.00 bits per heavy atom. The highest BCUT2D eigenvalue weighted by atomic mass is 19.4. The van der Waals surface area contributed by atoms with Gasteiger partial charge >= 0.3 is 6.18 Å². The highest BCUT2D eigenvalue weighted by Crippen LogP contribution is 2.30. The van der Waals surface area contributed by atoms with Gasteiger partial charge in [0.25, 0.3) is 0 Å². The van der Waals surface area contributed by atoms with Crippen LogP contribution in [0.1, 0.15) is 70.3 Å². The van der Waals surface area contributed by atoms with Gasteiger partial charge in [0.15, 0.2) is 0 Å². The van der Waals surface area contributed by atoms with Gasteiger partial charge in [0.1, 0.15) is 0 Å². The van der Waals surface area contributed by atoms with Crippen LogP contribution in [0.3, 0.4) is 0 Å². The van der Waals surface area contributed by atoms with E-state index in [4.69, 9.17) is 0 Å². The van der Waals surface area contributed by atoms with Gasteiger partial charge in [0.05, 0.1) is 5.56 Å². The number of alkyl halides is 3. The van der Waals surface area contributed by atoms with E-state index in [9.17, 15) is 18.0 Å². The van der Waals surface area contributed by atoms with Crippen molar-refractivity contribution in [3.05, 3.63) is 29.8 Å². The van der Waals surface area contributed by atoms with Crippen molar-refractivity contribution in [3.8, 4) is 0 Å². The van der Waals surface area contributed by atoms with Gasteiger partial charge in [-0.15, -0.1) is 0 Å². The van der Waals surface area contributed by atoms with Crippen molar-refractivity contribution < 1.29 is 18.0 Å². The summed E-state index contributed by atoms with van der Waals surface area (Å²) in [4.78, 5) is 11.8. The van der Waals surface area contributed by atoms with Crippen molar-refractivity contribution in [2.75, 3.05) is 5.32 Å². The monoisotopic (exact) mass is 329 g/mol. The first-order valence-corrected chi connectivity index (χ1v) is 8.40. The molecule has 0 unspecified atom stereocenters. The molecule has 2 nitrogen and oxygen atoms in total. The molecule has 5 heteroatoms. The largest absolute Gasteiger partial charge is 0.416 e. The molecule has 0 aliphatic carbocycles. The van der Waals surface area contributed by atoms with Crippen molar-refractivity contribution in [2.45, 2.75) is 70.9 Å². The second-order valence-corrected chi connectivity index (χ2v) is 5.85. The Balaban J connectivity index is 2.22. The van der Waals surface area contributed by atoms with E-state index < -0.39 is 11.7 Å². The van der Waals surface area contributed by atoms with Gasteiger partial charge in [-0.1, -0.05) is 57.9 Å². The molecular formula is C18H26F3NO. The number of unbranched alkanes of at least 4 members (excludes halogenated alkanes) is 7. The summed E-state index contributed by atoms with van der Waals surface area (Å²) in [6.45, 7) is 2.18. The predicted octanol–water partition coefficient (Wildman–Crippen LogP) is 6.17. The molecule has 0 heterocycles. The van der Waals surface area contributed by atoms with Gasteiger partial charge in [0.2, 0.25) is 5.91 Å². The normalized spacial score (nSPS) is 11.5. The van der Waals surface area contributed by atoms with Crippen LogP contribution < -0.4 is 5.32 Å². The lowest BCUT2D eigenvalue weighted by Gasteiger charge is -2.10. The molecule has 1 N–H and O–H groups in total. The minimum atomic E-state index is -4.39. The topological polar surface area (TPSA) is 29.1 Å². The molecule has 0 saturated heterocycles. The Hall–Kier alpha value is -1.52. The minimum Gasteiger partial charge on any atom is -0.326 e. The molecule has 1 amide bonds. The number of hydrogen-bond donors (Lipinski definition) is 1. The SMILES string of the molecule is CCCCCCCCCCC(=O)Nc1cccc(C(F)(F)F)c1. The number of hydrogen-bond acceptors (Lipinski definition) is 1. The molecule has 23 heavy (non-hydrogen) atoms. The first-order chi connectivity index (χ1) is 10.9. The standard InChI is InChI=1S/C18H26F3NO/c1-2-3-4-5-6-7-8-9-13-17(23)22-16-12-10-11-15(14-16)18(19,20)21/h10-12,14H,2-9,13H2,1H3,(H,22,23). The maximum Gasteiger partial charge on any atom is 0.416 e. The number of carbonyl (C=O) groups is 1. The van der Waals surface area contributed by atoms with Crippen molar-refractivity contribution >= 4 is 11.6 Å². The Bertz CT molecular complexity index is 472. The van der Waals surface area contributed by atoms with Crippen molar-refractivity contribution in [3.63, 3.8) is 0 Å². The highest BCUT2D eigenvalue weighted by Gasteiger charge is 2.30. The smallest absolute Gasteiger partial charge is 0.326 e. The summed E-state index contributed by atoms with van der Waals surface area (Å²) in [5, 5.41) is 2.53. The minimum absolute atomic E-state index is 0.199. The fourth-order valence-corrected chi connectivity index (χ4v) is 2.42. The predicted molar refractivity (Wildman–Crippen MR) is 87.3 cm³/mol. The molecule has 1 aromatic carbocycles. The van der Waals surface area contributed by atoms with Crippen molar-refractivity contribution in [1.82, 2.24) is 0 Å². The second-order valence-electron chi connectivity index (χ2n) is 5.85. The average molecular weight is 329 g/mol. The van der Waals surface area contributed by atoms with Crippen molar-refractivity contribution in [1.29, 1.82) is 0 Å². The summed E-state index contributed by atoms with van der Waals surface area (Å²) in [7, 11) is 0. The Morgan fingerprint density at radius 2 is 1.61 bits per heavy atom. The zero-order chi connectivity index (χ0) is 17.1. The van der Waals surface area contributed by atoms with Crippen LogP contribution in [0.5, 0.6) is 0 Å². The van der Waals surface area contributed by atoms with Gasteiger partial charge in [-0.05, 0) is 24.6 Å². The number of nitrogens with one attached hydrogen (secondary N) is 1. The van der Waals surface area contributed by atoms with Crippen LogP contribution in [0, 0.1) is 0 Å². The third kappa shape index (κ3) is 8.62. The zero-order valence-corrected chi connectivity index (χ0v) is 13.7. The van der Waals surface area contributed by atoms with Gasteiger partial charge in [-0.3, -0.25) is 4.79 Å². The Labute approximate surface area is 136 Å². The second kappa shape index (κ2) is 10.3. The van der Waals surface area contributed by atoms with Crippen LogP contribution in [-0.4, -0.2) is 5.91 Å². The van der Waals surface area contributed by atoms with E-state index in [1.807, 2.05) is 0 Å². The van der Waals surface area contributed by atoms with Gasteiger partial charge < -0.3 is 5.32 Å². The molecule has 0 fully saturated rings. The summed E-state index contributed by atoms with van der Waals surface area (Å²) < 4.78 is 37.8. The molecule has 0 bridgehead atoms. The lowest BCUT2D eigenvalue weighted by atomic mass is 10.1. The maximum atomic E-state index is 12.6. The molecule has 1 aromatic rings. The fraction of sp³-hybridized carbons (Fsp3) is 0.611. The molecule has 0 aliphatic rings. The first-order valence-electron chi connectivity index (χ1n) is 8.40. The van der Waals surface area contributed by atoms with E-state index in [1.165, 1.54) is 44.2 Å². The maximum absolute atomic E-state index is 12.6. The molecular weight excluding hydrogens is 303 g/mol. The van der Waals surface area contributed by atoms with E-state index in [-0.39, 0.29) is 11.6 Å². The lowest BCUT2D eigenvalue weighted by molar-refractivity contribution is -0.137. The summed E-state index contributed by atoms with van der Waals surface area (Å²) >= 11 is 0. The Kier molecular flexibility index (Phi) is 8.74. The quantitative estimate of drug-likeness (QED) is 0.511. The molecule has 1 rings (SSSR count). The molecule has 130 valence electrons. The van der Waals surface area contributed by atoms with E-state index in [0.717, 1.165) is 31.4 Å². The number of halogens is 3. The van der Waals surface area contributed by atoms with Crippen LogP contribution in [0.15, 0.2) is 24.3 Å². The highest BCUT2D eigenvalue weighted by molar-refractivity contribution is 5.90. The number of benzene rings is 1. The molecule has 0 atom stereocenters. The van der Waals surface area contributed by atoms with Gasteiger partial charge in [0, 0.05) is 12.1 Å². The lowest BCUT2D eigenvalue weighted by Crippen LogP contribution is -2.12. The summed E-state index contributed by atoms with van der Waals surface area (Å²) in [6, 6.07) is 4.73. The summed E-state index contributed by atoms with van der Waals surface area (Å²) in [5.74, 6) is -0.227. The third-order valence-corrected chi connectivity index (χ3v) is 3.73. The van der Waals surface area contributed by atoms with Crippen LogP contribution in [0.4, 0.5) is 18.9 Å². The molecule has 0 aromatic heterocycles. The number of carbonyl (C=O) groups excluding carboxylic acids is 1. The fourth-order valence-electron chi connectivity index (χ4n) is 2.42. The molecule has 0 spiro atoms. The molecule has 0 saturated carbocycles. The summed E-state index contributed by atoms with van der Waals surface area (Å²) in [5.41, 5.74) is -0.549. The third-order valence-electron chi connectivity index (χ3n) is 3.73. The van der Waals surface area contributed by atoms with E-state index in [2.05, 4.69) is 12.2 Å². The zero-order valence-electron chi connectivity index (χ0n) is 13.7. The van der Waals surface area contributed by atoms with E-state index >= 15 is 0 Å². The van der Waals surface area contributed by atoms with Gasteiger partial charge in [-0.2, -0.15) is 13.2 Å². The van der Waals surface area contributed by atoms with E-state index in [1.54, 1.807) is 0 Å². The van der Waals surface area contributed by atoms with Crippen LogP contribution in [0.25, 0.3) is 0 Å². The summed E-state index contributed by atoms with van der Waals surface area (Å²) in [6.07, 6.45) is 5.05. The number of rotatable bonds is 10. The van der Waals surface area contributed by atoms with E-state index in [0.29, 0.717) is 6.42 Å². The first kappa shape index (κ1) is 19.5. The van der Waals surface area contributed by atoms with Crippen molar-refractivity contribution in [2.24, 2.45) is 0 Å². The Morgan fingerprint density at radius 3 is 2.22 bits per heavy atom. The number of anilines is 1. The van der Waals surface area contributed by atoms with Gasteiger partial charge in [-0.25, -0.2) is 0 Å². The van der Waals surface area contributed by atoms with Crippen LogP contribution >= 0.6 is 0 Å². The number of amides is 1.